The van der Waals surface area contributed by atoms with Gasteiger partial charge in [-0.2, -0.15) is 0 Å². The van der Waals surface area contributed by atoms with Gasteiger partial charge in [-0.05, 0) is 18.9 Å². The molecule has 1 N–H and O–H groups in total. The number of hydrogen-bond acceptors (Lipinski definition) is 3. The number of carbonyl (C=O) groups is 1. The molecule has 1 aliphatic carbocycles. The molecule has 0 bridgehead atoms. The smallest absolute Gasteiger partial charge is 0.337 e. The van der Waals surface area contributed by atoms with Crippen molar-refractivity contribution in [1.29, 1.82) is 0 Å². The molecule has 2 heterocycles. The van der Waals surface area contributed by atoms with E-state index in [0.717, 1.165) is 18.8 Å². The van der Waals surface area contributed by atoms with Gasteiger partial charge in [-0.15, -0.1) is 0 Å². The molecule has 3 rings (SSSR count). The van der Waals surface area contributed by atoms with Crippen LogP contribution in [0.1, 0.15) is 23.2 Å². The second-order valence-corrected chi connectivity index (χ2v) is 4.59. The van der Waals surface area contributed by atoms with E-state index in [4.69, 9.17) is 5.11 Å². The summed E-state index contributed by atoms with van der Waals surface area (Å²) in [4.78, 5) is 16.9. The molecule has 0 radical (unpaired) electrons. The molecule has 2 aliphatic rings. The van der Waals surface area contributed by atoms with Crippen molar-refractivity contribution in [2.45, 2.75) is 12.8 Å². The van der Waals surface area contributed by atoms with Crippen LogP contribution in [0.2, 0.25) is 0 Å². The molecule has 0 amide bonds. The van der Waals surface area contributed by atoms with E-state index in [0.29, 0.717) is 5.41 Å². The molecule has 0 atom stereocenters. The fourth-order valence-corrected chi connectivity index (χ4v) is 2.16. The summed E-state index contributed by atoms with van der Waals surface area (Å²) in [5.74, 6) is -0.911. The average molecular weight is 204 g/mol. The summed E-state index contributed by atoms with van der Waals surface area (Å²) >= 11 is 0. The maximum absolute atomic E-state index is 10.8. The monoisotopic (exact) mass is 204 g/mol. The number of anilines is 1. The van der Waals surface area contributed by atoms with E-state index in [1.54, 1.807) is 12.3 Å². The Labute approximate surface area is 87.5 Å². The van der Waals surface area contributed by atoms with Crippen LogP contribution in [0, 0.1) is 5.41 Å². The van der Waals surface area contributed by atoms with Crippen molar-refractivity contribution in [2.75, 3.05) is 18.0 Å². The van der Waals surface area contributed by atoms with Gasteiger partial charge in [-0.1, -0.05) is 0 Å². The van der Waals surface area contributed by atoms with Crippen LogP contribution < -0.4 is 4.90 Å². The zero-order chi connectivity index (χ0) is 10.5. The van der Waals surface area contributed by atoms with E-state index in [-0.39, 0.29) is 5.56 Å². The maximum Gasteiger partial charge on any atom is 0.337 e. The molecule has 4 heteroatoms. The molecule has 0 unspecified atom stereocenters. The second-order valence-electron chi connectivity index (χ2n) is 4.59. The van der Waals surface area contributed by atoms with Crippen LogP contribution in [-0.2, 0) is 0 Å². The topological polar surface area (TPSA) is 53.4 Å². The number of pyridine rings is 1. The Hall–Kier alpha value is -1.58. The molecule has 1 aromatic rings. The third kappa shape index (κ3) is 1.37. The highest BCUT2D eigenvalue weighted by atomic mass is 16.4. The van der Waals surface area contributed by atoms with E-state index in [9.17, 15) is 4.79 Å². The number of carboxylic acids is 1. The summed E-state index contributed by atoms with van der Waals surface area (Å²) in [6.45, 7) is 2.13. The molecule has 1 aliphatic heterocycles. The lowest BCUT2D eigenvalue weighted by Crippen LogP contribution is -2.48. The lowest BCUT2D eigenvalue weighted by molar-refractivity contribution is 0.0696. The van der Waals surface area contributed by atoms with Crippen LogP contribution in [0.15, 0.2) is 18.5 Å². The first-order chi connectivity index (χ1) is 7.19. The standard InChI is InChI=1S/C11H12N2O2/c14-10(15)8-3-9(5-12-4-8)13-6-11(7-13)1-2-11/h3-5H,1-2,6-7H2,(H,14,15). The molecule has 1 saturated carbocycles. The number of aromatic carboxylic acids is 1. The van der Waals surface area contributed by atoms with Gasteiger partial charge in [0.25, 0.3) is 0 Å². The van der Waals surface area contributed by atoms with Crippen molar-refractivity contribution >= 4 is 11.7 Å². The lowest BCUT2D eigenvalue weighted by atomic mass is 9.96. The Morgan fingerprint density at radius 3 is 2.73 bits per heavy atom. The van der Waals surface area contributed by atoms with E-state index in [1.165, 1.54) is 19.0 Å². The lowest BCUT2D eigenvalue weighted by Gasteiger charge is -2.41. The van der Waals surface area contributed by atoms with Gasteiger partial charge in [-0.3, -0.25) is 4.98 Å². The minimum atomic E-state index is -0.911. The van der Waals surface area contributed by atoms with Crippen molar-refractivity contribution in [2.24, 2.45) is 5.41 Å². The minimum absolute atomic E-state index is 0.268. The fourth-order valence-electron chi connectivity index (χ4n) is 2.16. The van der Waals surface area contributed by atoms with Gasteiger partial charge in [0.1, 0.15) is 0 Å². The first-order valence-electron chi connectivity index (χ1n) is 5.12. The normalized spacial score (nSPS) is 21.2. The van der Waals surface area contributed by atoms with E-state index in [1.807, 2.05) is 0 Å². The molecule has 1 spiro atoms. The molecule has 15 heavy (non-hydrogen) atoms. The summed E-state index contributed by atoms with van der Waals surface area (Å²) in [7, 11) is 0. The molecule has 2 fully saturated rings. The van der Waals surface area contributed by atoms with Gasteiger partial charge >= 0.3 is 5.97 Å². The zero-order valence-electron chi connectivity index (χ0n) is 8.31. The highest BCUT2D eigenvalue weighted by Crippen LogP contribution is 2.53. The maximum atomic E-state index is 10.8. The molecule has 1 aromatic heterocycles. The van der Waals surface area contributed by atoms with Crippen LogP contribution >= 0.6 is 0 Å². The van der Waals surface area contributed by atoms with Gasteiger partial charge in [0.05, 0.1) is 17.4 Å². The van der Waals surface area contributed by atoms with E-state index >= 15 is 0 Å². The molecule has 0 aromatic carbocycles. The Bertz CT molecular complexity index is 418. The van der Waals surface area contributed by atoms with Gasteiger partial charge in [-0.25, -0.2) is 4.79 Å². The predicted octanol–water partition coefficient (Wildman–Crippen LogP) is 1.38. The first-order valence-corrected chi connectivity index (χ1v) is 5.12. The molecule has 4 nitrogen and oxygen atoms in total. The third-order valence-corrected chi connectivity index (χ3v) is 3.35. The van der Waals surface area contributed by atoms with Crippen molar-refractivity contribution in [1.82, 2.24) is 4.98 Å². The quantitative estimate of drug-likeness (QED) is 0.790. The summed E-state index contributed by atoms with van der Waals surface area (Å²) in [5.41, 5.74) is 1.79. The van der Waals surface area contributed by atoms with Crippen molar-refractivity contribution in [3.63, 3.8) is 0 Å². The van der Waals surface area contributed by atoms with Crippen molar-refractivity contribution < 1.29 is 9.90 Å². The molecule has 78 valence electrons. The molecular weight excluding hydrogens is 192 g/mol. The summed E-state index contributed by atoms with van der Waals surface area (Å²) in [6, 6.07) is 1.70. The Morgan fingerprint density at radius 2 is 2.13 bits per heavy atom. The summed E-state index contributed by atoms with van der Waals surface area (Å²) < 4.78 is 0. The third-order valence-electron chi connectivity index (χ3n) is 3.35. The Kier molecular flexibility index (Phi) is 1.58. The number of nitrogens with zero attached hydrogens (tertiary/aromatic N) is 2. The highest BCUT2D eigenvalue weighted by molar-refractivity contribution is 5.88. The number of aromatic nitrogens is 1. The average Bonchev–Trinajstić information content (AvgIpc) is 2.95. The van der Waals surface area contributed by atoms with Crippen LogP contribution in [0.4, 0.5) is 5.69 Å². The van der Waals surface area contributed by atoms with Gasteiger partial charge in [0.15, 0.2) is 0 Å². The van der Waals surface area contributed by atoms with Gasteiger partial charge < -0.3 is 10.0 Å². The summed E-state index contributed by atoms with van der Waals surface area (Å²) in [6.07, 6.45) is 5.78. The molecule has 1 saturated heterocycles. The highest BCUT2D eigenvalue weighted by Gasteiger charge is 2.52. The Morgan fingerprint density at radius 1 is 1.40 bits per heavy atom. The minimum Gasteiger partial charge on any atom is -0.478 e. The number of rotatable bonds is 2. The van der Waals surface area contributed by atoms with E-state index < -0.39 is 5.97 Å². The van der Waals surface area contributed by atoms with Gasteiger partial charge in [0.2, 0.25) is 0 Å². The SMILES string of the molecule is O=C(O)c1cncc(N2CC3(CC3)C2)c1. The zero-order valence-corrected chi connectivity index (χ0v) is 8.31. The molecular formula is C11H12N2O2. The van der Waals surface area contributed by atoms with E-state index in [2.05, 4.69) is 9.88 Å². The van der Waals surface area contributed by atoms with Crippen molar-refractivity contribution in [3.8, 4) is 0 Å². The first kappa shape index (κ1) is 8.71. The summed E-state index contributed by atoms with van der Waals surface area (Å²) in [5, 5.41) is 8.84. The second kappa shape index (κ2) is 2.72. The predicted molar refractivity (Wildman–Crippen MR) is 55.1 cm³/mol. The van der Waals surface area contributed by atoms with Crippen LogP contribution in [0.5, 0.6) is 0 Å². The van der Waals surface area contributed by atoms with Gasteiger partial charge in [0, 0.05) is 24.7 Å². The van der Waals surface area contributed by atoms with Crippen LogP contribution in [-0.4, -0.2) is 29.1 Å². The van der Waals surface area contributed by atoms with Crippen LogP contribution in [0.25, 0.3) is 0 Å². The van der Waals surface area contributed by atoms with Crippen molar-refractivity contribution in [3.05, 3.63) is 24.0 Å². The fraction of sp³-hybridized carbons (Fsp3) is 0.455. The Balaban J connectivity index is 1.80. The van der Waals surface area contributed by atoms with Crippen LogP contribution in [0.3, 0.4) is 0 Å². The number of carboxylic acid groups (broad SMARTS) is 1. The largest absolute Gasteiger partial charge is 0.478 e. The number of hydrogen-bond donors (Lipinski definition) is 1.